The molecule has 3 rings (SSSR count). The van der Waals surface area contributed by atoms with E-state index in [1.165, 1.54) is 5.56 Å². The molecule has 0 bridgehead atoms. The van der Waals surface area contributed by atoms with Crippen molar-refractivity contribution in [2.45, 2.75) is 25.8 Å². The lowest BCUT2D eigenvalue weighted by molar-refractivity contribution is -0.117. The van der Waals surface area contributed by atoms with Crippen LogP contribution in [0, 0.1) is 6.92 Å². The number of hydrogen-bond acceptors (Lipinski definition) is 4. The zero-order chi connectivity index (χ0) is 19.4. The summed E-state index contributed by atoms with van der Waals surface area (Å²) >= 11 is 6.14. The number of rotatable bonds is 6. The molecule has 0 unspecified atom stereocenters. The highest BCUT2D eigenvalue weighted by atomic mass is 35.5. The molecule has 1 heterocycles. The van der Waals surface area contributed by atoms with E-state index < -0.39 is 0 Å². The summed E-state index contributed by atoms with van der Waals surface area (Å²) in [5, 5.41) is 3.58. The normalized spacial score (nSPS) is 17.0. The average molecular weight is 389 g/mol. The molecule has 1 atom stereocenters. The van der Waals surface area contributed by atoms with Crippen LogP contribution in [-0.4, -0.2) is 38.1 Å². The number of carbonyl (C=O) groups excluding carboxylic acids is 1. The second-order valence-corrected chi connectivity index (χ2v) is 7.16. The van der Waals surface area contributed by atoms with Crippen LogP contribution < -0.4 is 14.8 Å². The van der Waals surface area contributed by atoms with Crippen LogP contribution in [0.25, 0.3) is 0 Å². The SMILES string of the molecule is COc1ccc([C@@H]2CCCN2CC(=O)Nc2cc(C)c(Cl)cc2OC)cc1. The Morgan fingerprint density at radius 2 is 1.96 bits per heavy atom. The second kappa shape index (κ2) is 8.63. The number of halogens is 1. The topological polar surface area (TPSA) is 50.8 Å². The first-order chi connectivity index (χ1) is 13.0. The molecule has 1 aliphatic rings. The lowest BCUT2D eigenvalue weighted by Crippen LogP contribution is -2.33. The number of nitrogens with one attached hydrogen (secondary N) is 1. The first-order valence-corrected chi connectivity index (χ1v) is 9.41. The maximum Gasteiger partial charge on any atom is 0.238 e. The predicted molar refractivity (Wildman–Crippen MR) is 108 cm³/mol. The van der Waals surface area contributed by atoms with Crippen molar-refractivity contribution in [3.63, 3.8) is 0 Å². The second-order valence-electron chi connectivity index (χ2n) is 6.75. The molecule has 1 saturated heterocycles. The summed E-state index contributed by atoms with van der Waals surface area (Å²) in [4.78, 5) is 14.9. The highest BCUT2D eigenvalue weighted by Crippen LogP contribution is 2.33. The van der Waals surface area contributed by atoms with E-state index in [0.717, 1.165) is 30.7 Å². The molecule has 0 aliphatic carbocycles. The summed E-state index contributed by atoms with van der Waals surface area (Å²) in [7, 11) is 3.23. The van der Waals surface area contributed by atoms with E-state index in [0.29, 0.717) is 23.0 Å². The van der Waals surface area contributed by atoms with Gasteiger partial charge in [0.1, 0.15) is 11.5 Å². The van der Waals surface area contributed by atoms with Gasteiger partial charge in [-0.05, 0) is 55.6 Å². The molecule has 1 aliphatic heterocycles. The maximum atomic E-state index is 12.6. The Labute approximate surface area is 165 Å². The fourth-order valence-corrected chi connectivity index (χ4v) is 3.68. The standard InChI is InChI=1S/C21H25ClN2O3/c1-14-11-18(20(27-3)12-17(14)22)23-21(25)13-24-10-4-5-19(24)15-6-8-16(26-2)9-7-15/h6-9,11-12,19H,4-5,10,13H2,1-3H3,(H,23,25)/t19-/m0/s1. The molecule has 2 aromatic carbocycles. The smallest absolute Gasteiger partial charge is 0.238 e. The number of methoxy groups -OCH3 is 2. The molecule has 27 heavy (non-hydrogen) atoms. The minimum atomic E-state index is -0.0598. The molecule has 1 amide bonds. The van der Waals surface area contributed by atoms with Crippen LogP contribution in [0.3, 0.4) is 0 Å². The zero-order valence-electron chi connectivity index (χ0n) is 15.9. The molecule has 0 radical (unpaired) electrons. The van der Waals surface area contributed by atoms with E-state index in [9.17, 15) is 4.79 Å². The highest BCUT2D eigenvalue weighted by molar-refractivity contribution is 6.31. The lowest BCUT2D eigenvalue weighted by atomic mass is 10.0. The molecule has 1 N–H and O–H groups in total. The largest absolute Gasteiger partial charge is 0.497 e. The minimum Gasteiger partial charge on any atom is -0.497 e. The van der Waals surface area contributed by atoms with Gasteiger partial charge in [0.2, 0.25) is 5.91 Å². The fourth-order valence-electron chi connectivity index (χ4n) is 3.52. The van der Waals surface area contributed by atoms with Crippen LogP contribution in [-0.2, 0) is 4.79 Å². The molecule has 0 aromatic heterocycles. The third-order valence-electron chi connectivity index (χ3n) is 4.97. The predicted octanol–water partition coefficient (Wildman–Crippen LogP) is 4.44. The number of anilines is 1. The van der Waals surface area contributed by atoms with Crippen LogP contribution >= 0.6 is 11.6 Å². The third kappa shape index (κ3) is 4.54. The molecular weight excluding hydrogens is 364 g/mol. The molecule has 6 heteroatoms. The van der Waals surface area contributed by atoms with Gasteiger partial charge >= 0.3 is 0 Å². The number of likely N-dealkylation sites (tertiary alicyclic amines) is 1. The van der Waals surface area contributed by atoms with Crippen LogP contribution in [0.15, 0.2) is 36.4 Å². The fraction of sp³-hybridized carbons (Fsp3) is 0.381. The summed E-state index contributed by atoms with van der Waals surface area (Å²) in [6, 6.07) is 11.9. The molecule has 1 fully saturated rings. The Morgan fingerprint density at radius 1 is 1.22 bits per heavy atom. The first kappa shape index (κ1) is 19.5. The molecule has 5 nitrogen and oxygen atoms in total. The van der Waals surface area contributed by atoms with E-state index in [1.54, 1.807) is 20.3 Å². The Bertz CT molecular complexity index is 808. The lowest BCUT2D eigenvalue weighted by Gasteiger charge is -2.24. The number of nitrogens with zero attached hydrogens (tertiary/aromatic N) is 1. The van der Waals surface area contributed by atoms with E-state index in [2.05, 4.69) is 22.3 Å². The third-order valence-corrected chi connectivity index (χ3v) is 5.37. The Hall–Kier alpha value is -2.24. The van der Waals surface area contributed by atoms with Crippen LogP contribution in [0.4, 0.5) is 5.69 Å². The van der Waals surface area contributed by atoms with Crippen molar-refractivity contribution in [2.75, 3.05) is 32.6 Å². The van der Waals surface area contributed by atoms with E-state index in [-0.39, 0.29) is 11.9 Å². The van der Waals surface area contributed by atoms with Gasteiger partial charge in [-0.3, -0.25) is 9.69 Å². The van der Waals surface area contributed by atoms with Gasteiger partial charge in [-0.1, -0.05) is 23.7 Å². The van der Waals surface area contributed by atoms with Gasteiger partial charge in [-0.25, -0.2) is 0 Å². The summed E-state index contributed by atoms with van der Waals surface area (Å²) in [6.45, 7) is 3.14. The molecule has 2 aromatic rings. The number of ether oxygens (including phenoxy) is 2. The van der Waals surface area contributed by atoms with E-state index in [1.807, 2.05) is 25.1 Å². The Kier molecular flexibility index (Phi) is 6.24. The van der Waals surface area contributed by atoms with Crippen molar-refractivity contribution in [1.29, 1.82) is 0 Å². The molecule has 0 saturated carbocycles. The molecule has 144 valence electrons. The number of benzene rings is 2. The van der Waals surface area contributed by atoms with Crippen molar-refractivity contribution >= 4 is 23.2 Å². The summed E-state index contributed by atoms with van der Waals surface area (Å²) in [5.41, 5.74) is 2.75. The summed E-state index contributed by atoms with van der Waals surface area (Å²) in [5.74, 6) is 1.34. The molecular formula is C21H25ClN2O3. The number of aryl methyl sites for hydroxylation is 1. The van der Waals surface area contributed by atoms with Crippen molar-refractivity contribution in [3.8, 4) is 11.5 Å². The van der Waals surface area contributed by atoms with Crippen molar-refractivity contribution in [1.82, 2.24) is 4.90 Å². The number of amides is 1. The van der Waals surface area contributed by atoms with Crippen molar-refractivity contribution < 1.29 is 14.3 Å². The summed E-state index contributed by atoms with van der Waals surface area (Å²) < 4.78 is 10.6. The van der Waals surface area contributed by atoms with Crippen LogP contribution in [0.1, 0.15) is 30.0 Å². The maximum absolute atomic E-state index is 12.6. The number of hydrogen-bond donors (Lipinski definition) is 1. The van der Waals surface area contributed by atoms with Gasteiger partial charge in [-0.2, -0.15) is 0 Å². The van der Waals surface area contributed by atoms with Gasteiger partial charge in [0, 0.05) is 17.1 Å². The quantitative estimate of drug-likeness (QED) is 0.794. The monoisotopic (exact) mass is 388 g/mol. The van der Waals surface area contributed by atoms with Crippen LogP contribution in [0.2, 0.25) is 5.02 Å². The molecule has 0 spiro atoms. The van der Waals surface area contributed by atoms with Crippen molar-refractivity contribution in [3.05, 3.63) is 52.5 Å². The minimum absolute atomic E-state index is 0.0598. The van der Waals surface area contributed by atoms with Gasteiger partial charge in [0.05, 0.1) is 26.5 Å². The van der Waals surface area contributed by atoms with Gasteiger partial charge < -0.3 is 14.8 Å². The zero-order valence-corrected chi connectivity index (χ0v) is 16.7. The van der Waals surface area contributed by atoms with Crippen molar-refractivity contribution in [2.24, 2.45) is 0 Å². The highest BCUT2D eigenvalue weighted by Gasteiger charge is 2.27. The number of carbonyl (C=O) groups is 1. The Balaban J connectivity index is 1.69. The van der Waals surface area contributed by atoms with Gasteiger partial charge in [-0.15, -0.1) is 0 Å². The summed E-state index contributed by atoms with van der Waals surface area (Å²) in [6.07, 6.45) is 2.12. The first-order valence-electron chi connectivity index (χ1n) is 9.04. The van der Waals surface area contributed by atoms with E-state index >= 15 is 0 Å². The van der Waals surface area contributed by atoms with E-state index in [4.69, 9.17) is 21.1 Å². The Morgan fingerprint density at radius 3 is 2.63 bits per heavy atom. The average Bonchev–Trinajstić information content (AvgIpc) is 3.12. The van der Waals surface area contributed by atoms with Crippen LogP contribution in [0.5, 0.6) is 11.5 Å². The van der Waals surface area contributed by atoms with Gasteiger partial charge in [0.15, 0.2) is 0 Å². The van der Waals surface area contributed by atoms with Gasteiger partial charge in [0.25, 0.3) is 0 Å².